The zero-order valence-corrected chi connectivity index (χ0v) is 14.6. The van der Waals surface area contributed by atoms with Gasteiger partial charge < -0.3 is 4.90 Å². The number of carbonyl (C=O) groups excluding carboxylic acids is 1. The van der Waals surface area contributed by atoms with Gasteiger partial charge in [-0.25, -0.2) is 0 Å². The van der Waals surface area contributed by atoms with E-state index in [0.29, 0.717) is 11.6 Å². The van der Waals surface area contributed by atoms with Crippen LogP contribution in [-0.2, 0) is 6.18 Å². The van der Waals surface area contributed by atoms with Crippen LogP contribution in [0.15, 0.2) is 24.3 Å². The van der Waals surface area contributed by atoms with Gasteiger partial charge in [0, 0.05) is 24.7 Å². The average molecular weight is 354 g/mol. The van der Waals surface area contributed by atoms with Crippen molar-refractivity contribution in [1.82, 2.24) is 9.80 Å². The van der Waals surface area contributed by atoms with Gasteiger partial charge in [-0.2, -0.15) is 13.2 Å². The van der Waals surface area contributed by atoms with Gasteiger partial charge in [-0.1, -0.05) is 12.8 Å². The predicted molar refractivity (Wildman–Crippen MR) is 90.4 cm³/mol. The fourth-order valence-electron chi connectivity index (χ4n) is 4.20. The first kappa shape index (κ1) is 18.2. The predicted octanol–water partition coefficient (Wildman–Crippen LogP) is 4.18. The molecule has 1 aromatic carbocycles. The van der Waals surface area contributed by atoms with Crippen LogP contribution >= 0.6 is 0 Å². The molecule has 1 saturated heterocycles. The molecular weight excluding hydrogens is 329 g/mol. The van der Waals surface area contributed by atoms with E-state index in [9.17, 15) is 18.0 Å². The number of nitrogens with zero attached hydrogens (tertiary/aromatic N) is 2. The number of alkyl halides is 3. The highest BCUT2D eigenvalue weighted by atomic mass is 19.4. The molecule has 0 N–H and O–H groups in total. The van der Waals surface area contributed by atoms with E-state index < -0.39 is 11.7 Å². The summed E-state index contributed by atoms with van der Waals surface area (Å²) < 4.78 is 38.1. The fourth-order valence-corrected chi connectivity index (χ4v) is 4.20. The quantitative estimate of drug-likeness (QED) is 0.813. The van der Waals surface area contributed by atoms with Gasteiger partial charge in [0.2, 0.25) is 0 Å². The summed E-state index contributed by atoms with van der Waals surface area (Å²) in [7, 11) is 1.79. The number of rotatable bonds is 3. The van der Waals surface area contributed by atoms with Gasteiger partial charge in [-0.05, 0) is 63.0 Å². The van der Waals surface area contributed by atoms with Gasteiger partial charge in [0.15, 0.2) is 0 Å². The van der Waals surface area contributed by atoms with E-state index in [1.807, 2.05) is 0 Å². The molecule has 1 aliphatic carbocycles. The van der Waals surface area contributed by atoms with Crippen molar-refractivity contribution in [3.63, 3.8) is 0 Å². The Morgan fingerprint density at radius 2 is 1.64 bits per heavy atom. The third-order valence-corrected chi connectivity index (χ3v) is 5.58. The lowest BCUT2D eigenvalue weighted by Crippen LogP contribution is -2.53. The van der Waals surface area contributed by atoms with Gasteiger partial charge in [-0.3, -0.25) is 9.69 Å². The van der Waals surface area contributed by atoms with Crippen molar-refractivity contribution in [2.24, 2.45) is 0 Å². The zero-order valence-electron chi connectivity index (χ0n) is 14.6. The Balaban J connectivity index is 1.73. The van der Waals surface area contributed by atoms with Crippen molar-refractivity contribution >= 4 is 5.91 Å². The largest absolute Gasteiger partial charge is 0.416 e. The molecule has 2 aliphatic rings. The van der Waals surface area contributed by atoms with E-state index in [2.05, 4.69) is 4.90 Å². The second-order valence-electron chi connectivity index (χ2n) is 7.15. The number of halogens is 3. The van der Waals surface area contributed by atoms with Crippen LogP contribution < -0.4 is 0 Å². The van der Waals surface area contributed by atoms with Crippen molar-refractivity contribution in [2.75, 3.05) is 20.1 Å². The van der Waals surface area contributed by atoms with Crippen LogP contribution in [-0.4, -0.2) is 47.9 Å². The Hall–Kier alpha value is -1.56. The minimum Gasteiger partial charge on any atom is -0.337 e. The van der Waals surface area contributed by atoms with Crippen LogP contribution in [0.1, 0.15) is 54.4 Å². The summed E-state index contributed by atoms with van der Waals surface area (Å²) >= 11 is 0. The van der Waals surface area contributed by atoms with Crippen LogP contribution in [0.5, 0.6) is 0 Å². The summed E-state index contributed by atoms with van der Waals surface area (Å²) in [5, 5.41) is 0. The molecule has 0 bridgehead atoms. The molecule has 0 aromatic heterocycles. The Morgan fingerprint density at radius 1 is 1.04 bits per heavy atom. The third-order valence-electron chi connectivity index (χ3n) is 5.58. The molecule has 0 spiro atoms. The van der Waals surface area contributed by atoms with E-state index in [0.717, 1.165) is 44.5 Å². The second kappa shape index (κ2) is 7.36. The molecule has 3 nitrogen and oxygen atoms in total. The highest BCUT2D eigenvalue weighted by molar-refractivity contribution is 5.94. The number of likely N-dealkylation sites (N-methyl/N-ethyl adjacent to an activating group) is 1. The number of benzene rings is 1. The Morgan fingerprint density at radius 3 is 2.24 bits per heavy atom. The van der Waals surface area contributed by atoms with Crippen molar-refractivity contribution in [2.45, 2.75) is 56.8 Å². The Bertz CT molecular complexity index is 594. The van der Waals surface area contributed by atoms with Gasteiger partial charge in [-0.15, -0.1) is 0 Å². The van der Waals surface area contributed by atoms with Gasteiger partial charge in [0.25, 0.3) is 5.91 Å². The van der Waals surface area contributed by atoms with E-state index in [-0.39, 0.29) is 11.9 Å². The summed E-state index contributed by atoms with van der Waals surface area (Å²) in [4.78, 5) is 17.0. The minimum absolute atomic E-state index is 0.140. The SMILES string of the molecule is CN(C(=O)c1ccc(C(F)(F)F)cc1)[C@@H]1CCCC[C@@H]1N1CCCC1. The maximum atomic E-state index is 12.8. The fraction of sp³-hybridized carbons (Fsp3) is 0.632. The van der Waals surface area contributed by atoms with Gasteiger partial charge >= 0.3 is 6.18 Å². The molecule has 0 radical (unpaired) electrons. The molecule has 3 rings (SSSR count). The number of hydrogen-bond acceptors (Lipinski definition) is 2. The number of amides is 1. The van der Waals surface area contributed by atoms with Crippen molar-refractivity contribution in [3.8, 4) is 0 Å². The smallest absolute Gasteiger partial charge is 0.337 e. The maximum Gasteiger partial charge on any atom is 0.416 e. The molecule has 2 atom stereocenters. The molecule has 0 unspecified atom stereocenters. The van der Waals surface area contributed by atoms with E-state index >= 15 is 0 Å². The van der Waals surface area contributed by atoms with Gasteiger partial charge in [0.1, 0.15) is 0 Å². The van der Waals surface area contributed by atoms with Crippen molar-refractivity contribution in [1.29, 1.82) is 0 Å². The van der Waals surface area contributed by atoms with Crippen LogP contribution in [0.2, 0.25) is 0 Å². The zero-order chi connectivity index (χ0) is 18.0. The molecule has 1 heterocycles. The average Bonchev–Trinajstić information content (AvgIpc) is 3.14. The highest BCUT2D eigenvalue weighted by Gasteiger charge is 2.36. The molecule has 1 aromatic rings. The summed E-state index contributed by atoms with van der Waals surface area (Å²) in [6, 6.07) is 5.06. The third kappa shape index (κ3) is 4.00. The van der Waals surface area contributed by atoms with Crippen LogP contribution in [0, 0.1) is 0 Å². The van der Waals surface area contributed by atoms with Crippen LogP contribution in [0.25, 0.3) is 0 Å². The molecule has 1 amide bonds. The standard InChI is InChI=1S/C19H25F3N2O/c1-23(16-6-2-3-7-17(16)24-12-4-5-13-24)18(25)14-8-10-15(11-9-14)19(20,21)22/h8-11,16-17H,2-7,12-13H2,1H3/t16-,17+/m1/s1. The normalized spacial score (nSPS) is 25.1. The summed E-state index contributed by atoms with van der Waals surface area (Å²) in [6.45, 7) is 2.17. The molecule has 1 saturated carbocycles. The Labute approximate surface area is 146 Å². The van der Waals surface area contributed by atoms with Crippen LogP contribution in [0.3, 0.4) is 0 Å². The topological polar surface area (TPSA) is 23.6 Å². The van der Waals surface area contributed by atoms with E-state index in [4.69, 9.17) is 0 Å². The first-order valence-electron chi connectivity index (χ1n) is 9.06. The monoisotopic (exact) mass is 354 g/mol. The highest BCUT2D eigenvalue weighted by Crippen LogP contribution is 2.31. The lowest BCUT2D eigenvalue weighted by Gasteiger charge is -2.42. The molecule has 138 valence electrons. The minimum atomic E-state index is -4.38. The lowest BCUT2D eigenvalue weighted by atomic mass is 9.88. The molecule has 2 fully saturated rings. The lowest BCUT2D eigenvalue weighted by molar-refractivity contribution is -0.137. The molecule has 1 aliphatic heterocycles. The number of likely N-dealkylation sites (tertiary alicyclic amines) is 1. The second-order valence-corrected chi connectivity index (χ2v) is 7.15. The van der Waals surface area contributed by atoms with E-state index in [1.165, 1.54) is 31.4 Å². The van der Waals surface area contributed by atoms with Crippen molar-refractivity contribution < 1.29 is 18.0 Å². The molecule has 6 heteroatoms. The summed E-state index contributed by atoms with van der Waals surface area (Å²) in [5.74, 6) is -0.190. The first-order valence-corrected chi connectivity index (χ1v) is 9.06. The summed E-state index contributed by atoms with van der Waals surface area (Å²) in [6.07, 6.45) is 2.37. The molecular formula is C19H25F3N2O. The first-order chi connectivity index (χ1) is 11.9. The summed E-state index contributed by atoms with van der Waals surface area (Å²) in [5.41, 5.74) is -0.402. The number of carbonyl (C=O) groups is 1. The van der Waals surface area contributed by atoms with Gasteiger partial charge in [0.05, 0.1) is 5.56 Å². The Kier molecular flexibility index (Phi) is 5.37. The van der Waals surface area contributed by atoms with Crippen LogP contribution in [0.4, 0.5) is 13.2 Å². The van der Waals surface area contributed by atoms with E-state index in [1.54, 1.807) is 11.9 Å². The number of hydrogen-bond donors (Lipinski definition) is 0. The maximum absolute atomic E-state index is 12.8. The molecule has 25 heavy (non-hydrogen) atoms. The van der Waals surface area contributed by atoms with Crippen molar-refractivity contribution in [3.05, 3.63) is 35.4 Å².